The number of epoxide rings is 1. The number of fused-ring (bicyclic) bond motifs is 2. The SMILES string of the molecule is CNCc1cc(-c2ccc(O)c3c2C[C@H]2C[C@H]4[C@H](N(C)C)C(O)=C(C(N)=O)C5(O)O[C@]45C(=O)C2=C3O)co1. The number of nitrogens with two attached hydrogens (primary N) is 1. The van der Waals surface area contributed by atoms with Gasteiger partial charge in [-0.3, -0.25) is 14.5 Å². The standard InChI is InChI=1S/C27H29N3O8/c1-29-9-13-6-12(10-37-13)14-4-5-17(31)19-15(14)7-11-8-16-21(30(2)3)23(33)20(25(28)35)27(36)26(16,38-27)24(34)18(11)22(19)32/h4-6,10-11,16,21,29,31-33,36H,7-9H2,1-3H3,(H2,28,35)/t11-,16-,21-,26-,27?/m0/s1. The Morgan fingerprint density at radius 2 is 2.00 bits per heavy atom. The van der Waals surface area contributed by atoms with E-state index >= 15 is 0 Å². The highest BCUT2D eigenvalue weighted by Gasteiger charge is 2.85. The summed E-state index contributed by atoms with van der Waals surface area (Å²) in [4.78, 5) is 28.0. The van der Waals surface area contributed by atoms with Crippen LogP contribution in [-0.2, 0) is 27.3 Å². The van der Waals surface area contributed by atoms with E-state index in [0.29, 0.717) is 24.3 Å². The van der Waals surface area contributed by atoms with E-state index in [1.54, 1.807) is 38.4 Å². The van der Waals surface area contributed by atoms with Crippen molar-refractivity contribution in [1.82, 2.24) is 10.2 Å². The second-order valence-corrected chi connectivity index (χ2v) is 10.7. The number of hydrogen-bond donors (Lipinski definition) is 6. The molecule has 0 radical (unpaired) electrons. The maximum absolute atomic E-state index is 14.1. The van der Waals surface area contributed by atoms with Gasteiger partial charge in [-0.1, -0.05) is 6.07 Å². The number of nitrogens with one attached hydrogen (secondary N) is 1. The van der Waals surface area contributed by atoms with Crippen molar-refractivity contribution in [2.24, 2.45) is 17.6 Å². The molecule has 4 aliphatic rings. The fourth-order valence-corrected chi connectivity index (χ4v) is 6.91. The first-order valence-corrected chi connectivity index (χ1v) is 12.4. The van der Waals surface area contributed by atoms with E-state index in [0.717, 1.165) is 11.1 Å². The van der Waals surface area contributed by atoms with Gasteiger partial charge in [0.15, 0.2) is 5.60 Å². The van der Waals surface area contributed by atoms with Crippen LogP contribution < -0.4 is 11.1 Å². The van der Waals surface area contributed by atoms with E-state index in [9.17, 15) is 30.0 Å². The van der Waals surface area contributed by atoms with Crippen molar-refractivity contribution in [3.05, 3.63) is 58.3 Å². The highest BCUT2D eigenvalue weighted by molar-refractivity contribution is 6.14. The molecule has 1 aliphatic heterocycles. The number of carbonyl (C=O) groups is 2. The molecule has 11 nitrogen and oxygen atoms in total. The summed E-state index contributed by atoms with van der Waals surface area (Å²) in [5, 5.41) is 47.6. The van der Waals surface area contributed by atoms with Gasteiger partial charge < -0.3 is 40.6 Å². The fourth-order valence-electron chi connectivity index (χ4n) is 6.91. The normalized spacial score (nSPS) is 31.6. The minimum absolute atomic E-state index is 0.0166. The van der Waals surface area contributed by atoms with Gasteiger partial charge in [-0.25, -0.2) is 0 Å². The van der Waals surface area contributed by atoms with Crippen LogP contribution in [0.15, 0.2) is 45.8 Å². The number of rotatable bonds is 5. The number of furan rings is 1. The monoisotopic (exact) mass is 523 g/mol. The number of aromatic hydroxyl groups is 1. The zero-order chi connectivity index (χ0) is 27.3. The lowest BCUT2D eigenvalue weighted by Gasteiger charge is -2.46. The van der Waals surface area contributed by atoms with Gasteiger partial charge in [-0.05, 0) is 63.2 Å². The molecule has 38 heavy (non-hydrogen) atoms. The predicted molar refractivity (Wildman–Crippen MR) is 134 cm³/mol. The third-order valence-electron chi connectivity index (χ3n) is 8.43. The number of Topliss-reactive ketones (excluding diaryl/α,β-unsaturated/α-hetero) is 1. The molecule has 1 unspecified atom stereocenters. The van der Waals surface area contributed by atoms with Gasteiger partial charge in [0.2, 0.25) is 11.6 Å². The number of primary amides is 1. The Morgan fingerprint density at radius 1 is 1.26 bits per heavy atom. The molecule has 2 aromatic rings. The van der Waals surface area contributed by atoms with Gasteiger partial charge >= 0.3 is 0 Å². The molecule has 11 heteroatoms. The molecular weight excluding hydrogens is 494 g/mol. The summed E-state index contributed by atoms with van der Waals surface area (Å²) in [6, 6.07) is 4.22. The van der Waals surface area contributed by atoms with Crippen molar-refractivity contribution in [3.63, 3.8) is 0 Å². The lowest BCUT2D eigenvalue weighted by atomic mass is 9.58. The molecular formula is C27H29N3O8. The Kier molecular flexibility index (Phi) is 5.15. The van der Waals surface area contributed by atoms with E-state index < -0.39 is 58.0 Å². The summed E-state index contributed by atoms with van der Waals surface area (Å²) in [5.74, 6) is -5.75. The van der Waals surface area contributed by atoms with Crippen LogP contribution in [0.1, 0.15) is 23.3 Å². The molecule has 6 rings (SSSR count). The van der Waals surface area contributed by atoms with Gasteiger partial charge in [0.05, 0.1) is 24.4 Å². The Bertz CT molecular complexity index is 1470. The molecule has 1 spiro atoms. The summed E-state index contributed by atoms with van der Waals surface area (Å²) >= 11 is 0. The second-order valence-electron chi connectivity index (χ2n) is 10.7. The number of phenolic OH excluding ortho intramolecular Hbond substituents is 1. The van der Waals surface area contributed by atoms with Crippen molar-refractivity contribution in [2.45, 2.75) is 36.8 Å². The molecule has 5 atom stereocenters. The lowest BCUT2D eigenvalue weighted by molar-refractivity contribution is -0.127. The van der Waals surface area contributed by atoms with E-state index in [4.69, 9.17) is 14.9 Å². The Hall–Kier alpha value is -3.64. The first kappa shape index (κ1) is 24.7. The average molecular weight is 524 g/mol. The average Bonchev–Trinajstić information content (AvgIpc) is 3.21. The van der Waals surface area contributed by atoms with Crippen LogP contribution in [0.4, 0.5) is 0 Å². The number of amides is 1. The minimum Gasteiger partial charge on any atom is -0.510 e. The molecule has 1 saturated heterocycles. The summed E-state index contributed by atoms with van der Waals surface area (Å²) < 4.78 is 11.3. The number of aliphatic hydroxyl groups is 3. The highest BCUT2D eigenvalue weighted by Crippen LogP contribution is 2.67. The van der Waals surface area contributed by atoms with Crippen LogP contribution in [-0.4, -0.2) is 75.6 Å². The van der Waals surface area contributed by atoms with Crippen LogP contribution >= 0.6 is 0 Å². The number of aliphatic hydroxyl groups excluding tert-OH is 2. The molecule has 1 amide bonds. The molecule has 3 aliphatic carbocycles. The number of carbonyl (C=O) groups excluding carboxylic acids is 2. The number of nitrogens with zero attached hydrogens (tertiary/aromatic N) is 1. The fraction of sp³-hybridized carbons (Fsp3) is 0.407. The van der Waals surface area contributed by atoms with Gasteiger partial charge in [0.1, 0.15) is 28.6 Å². The maximum atomic E-state index is 14.1. The number of likely N-dealkylation sites (N-methyl/N-ethyl adjacent to an activating group) is 1. The molecule has 0 bridgehead atoms. The molecule has 2 heterocycles. The van der Waals surface area contributed by atoms with Gasteiger partial charge in [0.25, 0.3) is 5.91 Å². The quantitative estimate of drug-likeness (QED) is 0.310. The number of hydrogen-bond acceptors (Lipinski definition) is 10. The molecule has 7 N–H and O–H groups in total. The topological polar surface area (TPSA) is 182 Å². The molecule has 200 valence electrons. The summed E-state index contributed by atoms with van der Waals surface area (Å²) in [7, 11) is 5.17. The molecule has 1 aromatic carbocycles. The molecule has 1 saturated carbocycles. The molecule has 2 fully saturated rings. The third kappa shape index (κ3) is 2.92. The summed E-state index contributed by atoms with van der Waals surface area (Å²) in [6.07, 6.45) is 2.15. The van der Waals surface area contributed by atoms with E-state index in [1.807, 2.05) is 6.07 Å². The first-order chi connectivity index (χ1) is 18.0. The third-order valence-corrected chi connectivity index (χ3v) is 8.43. The van der Waals surface area contributed by atoms with Crippen molar-refractivity contribution >= 4 is 17.4 Å². The largest absolute Gasteiger partial charge is 0.510 e. The zero-order valence-corrected chi connectivity index (χ0v) is 21.1. The Balaban J connectivity index is 1.51. The van der Waals surface area contributed by atoms with Gasteiger partial charge in [-0.15, -0.1) is 0 Å². The summed E-state index contributed by atoms with van der Waals surface area (Å²) in [6.45, 7) is 0.523. The van der Waals surface area contributed by atoms with Gasteiger partial charge in [-0.2, -0.15) is 0 Å². The number of ether oxygens (including phenoxy) is 1. The number of benzene rings is 1. The number of ketones is 1. The minimum atomic E-state index is -2.40. The highest BCUT2D eigenvalue weighted by atomic mass is 16.8. The second kappa shape index (κ2) is 7.93. The smallest absolute Gasteiger partial charge is 0.253 e. The Labute approximate surface area is 217 Å². The van der Waals surface area contributed by atoms with Crippen molar-refractivity contribution in [1.29, 1.82) is 0 Å². The van der Waals surface area contributed by atoms with E-state index in [2.05, 4.69) is 5.32 Å². The van der Waals surface area contributed by atoms with Crippen molar-refractivity contribution < 1.29 is 39.2 Å². The lowest BCUT2D eigenvalue weighted by Crippen LogP contribution is -2.60. The van der Waals surface area contributed by atoms with E-state index in [1.165, 1.54) is 6.07 Å². The Morgan fingerprint density at radius 3 is 2.66 bits per heavy atom. The summed E-state index contributed by atoms with van der Waals surface area (Å²) in [5.41, 5.74) is 5.34. The van der Waals surface area contributed by atoms with Crippen molar-refractivity contribution in [3.8, 4) is 16.9 Å². The van der Waals surface area contributed by atoms with Crippen LogP contribution in [0.5, 0.6) is 5.75 Å². The van der Waals surface area contributed by atoms with Crippen LogP contribution in [0.25, 0.3) is 16.9 Å². The predicted octanol–water partition coefficient (Wildman–Crippen LogP) is 1.10. The van der Waals surface area contributed by atoms with Crippen LogP contribution in [0.3, 0.4) is 0 Å². The van der Waals surface area contributed by atoms with Crippen LogP contribution in [0, 0.1) is 11.8 Å². The number of phenols is 1. The zero-order valence-electron chi connectivity index (χ0n) is 21.1. The first-order valence-electron chi connectivity index (χ1n) is 12.4. The van der Waals surface area contributed by atoms with Crippen LogP contribution in [0.2, 0.25) is 0 Å². The molecule has 1 aromatic heterocycles. The van der Waals surface area contributed by atoms with Gasteiger partial charge in [0, 0.05) is 17.1 Å². The van der Waals surface area contributed by atoms with E-state index in [-0.39, 0.29) is 23.3 Å². The maximum Gasteiger partial charge on any atom is 0.253 e. The van der Waals surface area contributed by atoms with Crippen molar-refractivity contribution in [2.75, 3.05) is 21.1 Å².